The number of Topliss-reactive ketones (excluding diaryl/α,β-unsaturated/α-hetero) is 1. The second-order valence-electron chi connectivity index (χ2n) is 6.09. The molecule has 0 spiro atoms. The van der Waals surface area contributed by atoms with Crippen LogP contribution in [-0.2, 0) is 0 Å². The molecule has 0 saturated heterocycles. The van der Waals surface area contributed by atoms with Crippen molar-refractivity contribution in [3.63, 3.8) is 0 Å². The predicted octanol–water partition coefficient (Wildman–Crippen LogP) is 3.37. The zero-order valence-electron chi connectivity index (χ0n) is 15.4. The molecule has 0 bridgehead atoms. The third kappa shape index (κ3) is 4.60. The Kier molecular flexibility index (Phi) is 6.23. The Hall–Kier alpha value is -2.85. The minimum Gasteiger partial charge on any atom is -0.370 e. The molecule has 1 unspecified atom stereocenters. The molecule has 3 aromatic rings. The molecule has 10 heteroatoms. The van der Waals surface area contributed by atoms with E-state index in [1.54, 1.807) is 30.3 Å². The maximum absolute atomic E-state index is 14.3. The van der Waals surface area contributed by atoms with Crippen LogP contribution in [0, 0.1) is 12.7 Å². The largest absolute Gasteiger partial charge is 0.370 e. The van der Waals surface area contributed by atoms with Crippen molar-refractivity contribution in [2.45, 2.75) is 13.1 Å². The summed E-state index contributed by atoms with van der Waals surface area (Å²) < 4.78 is 15.7. The van der Waals surface area contributed by atoms with Crippen molar-refractivity contribution in [1.29, 1.82) is 0 Å². The summed E-state index contributed by atoms with van der Waals surface area (Å²) in [4.78, 5) is 42.1. The van der Waals surface area contributed by atoms with Gasteiger partial charge < -0.3 is 10.6 Å². The van der Waals surface area contributed by atoms with E-state index in [2.05, 4.69) is 31.5 Å². The molecule has 29 heavy (non-hydrogen) atoms. The van der Waals surface area contributed by atoms with Crippen molar-refractivity contribution >= 4 is 44.8 Å². The highest BCUT2D eigenvalue weighted by Gasteiger charge is 2.28. The standard InChI is InChI=1S/C19H16BrFN4O3S/c1-10-4-3-5-11(8-10)18(27)24-17(15(26)13-6-7-14(20)29-13)25-9-12(21)16(22-2)23-19(25)28/h3-9,17H,1-2H3,(H,24,27)(H,22,23,28). The zero-order chi connectivity index (χ0) is 21.1. The molecule has 0 fully saturated rings. The van der Waals surface area contributed by atoms with Gasteiger partial charge in [-0.25, -0.2) is 9.18 Å². The van der Waals surface area contributed by atoms with Crippen LogP contribution in [-0.4, -0.2) is 28.3 Å². The first kappa shape index (κ1) is 20.9. The summed E-state index contributed by atoms with van der Waals surface area (Å²) in [5.74, 6) is -2.22. The summed E-state index contributed by atoms with van der Waals surface area (Å²) in [5.41, 5.74) is 0.281. The van der Waals surface area contributed by atoms with E-state index < -0.39 is 29.4 Å². The number of hydrogen-bond acceptors (Lipinski definition) is 6. The Morgan fingerprint density at radius 3 is 2.66 bits per heavy atom. The monoisotopic (exact) mass is 478 g/mol. The fraction of sp³-hybridized carbons (Fsp3) is 0.158. The summed E-state index contributed by atoms with van der Waals surface area (Å²) in [6, 6.07) is 9.97. The number of anilines is 1. The van der Waals surface area contributed by atoms with E-state index in [0.29, 0.717) is 9.35 Å². The van der Waals surface area contributed by atoms with Crippen LogP contribution in [0.4, 0.5) is 10.2 Å². The number of carbonyl (C=O) groups is 2. The van der Waals surface area contributed by atoms with Gasteiger partial charge in [-0.3, -0.25) is 14.2 Å². The fourth-order valence-corrected chi connectivity index (χ4v) is 3.99. The quantitative estimate of drug-likeness (QED) is 0.529. The van der Waals surface area contributed by atoms with Crippen LogP contribution in [0.1, 0.15) is 31.8 Å². The zero-order valence-corrected chi connectivity index (χ0v) is 17.8. The Morgan fingerprint density at radius 1 is 1.28 bits per heavy atom. The highest BCUT2D eigenvalue weighted by atomic mass is 79.9. The van der Waals surface area contributed by atoms with E-state index in [-0.39, 0.29) is 10.7 Å². The van der Waals surface area contributed by atoms with E-state index in [1.807, 2.05) is 13.0 Å². The summed E-state index contributed by atoms with van der Waals surface area (Å²) in [5, 5.41) is 4.99. The molecule has 0 aliphatic rings. The lowest BCUT2D eigenvalue weighted by atomic mass is 10.1. The lowest BCUT2D eigenvalue weighted by Gasteiger charge is -2.20. The molecule has 2 N–H and O–H groups in total. The third-order valence-electron chi connectivity index (χ3n) is 4.03. The molecule has 2 heterocycles. The van der Waals surface area contributed by atoms with Gasteiger partial charge >= 0.3 is 5.69 Å². The van der Waals surface area contributed by atoms with Crippen LogP contribution in [0.2, 0.25) is 0 Å². The van der Waals surface area contributed by atoms with E-state index in [9.17, 15) is 18.8 Å². The van der Waals surface area contributed by atoms with Gasteiger partial charge in [-0.05, 0) is 47.1 Å². The Labute approximate surface area is 177 Å². The molecule has 3 rings (SSSR count). The van der Waals surface area contributed by atoms with Gasteiger partial charge in [-0.15, -0.1) is 11.3 Å². The first-order chi connectivity index (χ1) is 13.8. The van der Waals surface area contributed by atoms with Gasteiger partial charge in [0.1, 0.15) is 0 Å². The number of nitrogens with one attached hydrogen (secondary N) is 2. The van der Waals surface area contributed by atoms with Gasteiger partial charge in [0.05, 0.1) is 14.9 Å². The van der Waals surface area contributed by atoms with Gasteiger partial charge in [0.25, 0.3) is 5.91 Å². The van der Waals surface area contributed by atoms with Gasteiger partial charge in [0.2, 0.25) is 5.78 Å². The average molecular weight is 479 g/mol. The third-order valence-corrected chi connectivity index (χ3v) is 5.67. The number of aryl methyl sites for hydroxylation is 1. The number of halogens is 2. The van der Waals surface area contributed by atoms with Crippen LogP contribution >= 0.6 is 27.3 Å². The molecular formula is C19H16BrFN4O3S. The van der Waals surface area contributed by atoms with Gasteiger partial charge in [0, 0.05) is 12.6 Å². The average Bonchev–Trinajstić information content (AvgIpc) is 3.13. The van der Waals surface area contributed by atoms with Gasteiger partial charge in [0.15, 0.2) is 17.8 Å². The second kappa shape index (κ2) is 8.66. The number of benzene rings is 1. The van der Waals surface area contributed by atoms with Crippen LogP contribution in [0.25, 0.3) is 0 Å². The van der Waals surface area contributed by atoms with E-state index in [0.717, 1.165) is 27.7 Å². The highest BCUT2D eigenvalue weighted by molar-refractivity contribution is 9.11. The Balaban J connectivity index is 2.05. The first-order valence-electron chi connectivity index (χ1n) is 8.43. The van der Waals surface area contributed by atoms with Crippen LogP contribution in [0.15, 0.2) is 51.2 Å². The summed E-state index contributed by atoms with van der Waals surface area (Å²) in [6.07, 6.45) is -0.614. The summed E-state index contributed by atoms with van der Waals surface area (Å²) >= 11 is 4.41. The highest BCUT2D eigenvalue weighted by Crippen LogP contribution is 2.25. The summed E-state index contributed by atoms with van der Waals surface area (Å²) in [6.45, 7) is 1.82. The van der Waals surface area contributed by atoms with Crippen LogP contribution in [0.3, 0.4) is 0 Å². The SMILES string of the molecule is CNc1nc(=O)n(C(NC(=O)c2cccc(C)c2)C(=O)c2ccc(Br)s2)cc1F. The van der Waals surface area contributed by atoms with Crippen molar-refractivity contribution in [1.82, 2.24) is 14.9 Å². The molecule has 1 amide bonds. The molecule has 1 atom stereocenters. The van der Waals surface area contributed by atoms with E-state index in [4.69, 9.17) is 0 Å². The van der Waals surface area contributed by atoms with E-state index in [1.165, 1.54) is 7.05 Å². The topological polar surface area (TPSA) is 93.1 Å². The molecule has 0 saturated carbocycles. The van der Waals surface area contributed by atoms with Gasteiger partial charge in [-0.1, -0.05) is 17.7 Å². The minimum absolute atomic E-state index is 0.249. The van der Waals surface area contributed by atoms with Crippen molar-refractivity contribution in [2.75, 3.05) is 12.4 Å². The minimum atomic E-state index is -1.46. The Bertz CT molecular complexity index is 1140. The molecule has 0 aliphatic heterocycles. The van der Waals surface area contributed by atoms with Crippen molar-refractivity contribution in [3.05, 3.63) is 78.7 Å². The number of amides is 1. The summed E-state index contributed by atoms with van der Waals surface area (Å²) in [7, 11) is 1.42. The fourth-order valence-electron chi connectivity index (χ4n) is 2.64. The molecule has 0 radical (unpaired) electrons. The molecule has 0 aliphatic carbocycles. The number of aromatic nitrogens is 2. The maximum Gasteiger partial charge on any atom is 0.351 e. The first-order valence-corrected chi connectivity index (χ1v) is 10.0. The van der Waals surface area contributed by atoms with Crippen molar-refractivity contribution in [2.24, 2.45) is 0 Å². The van der Waals surface area contributed by atoms with Gasteiger partial charge in [-0.2, -0.15) is 4.98 Å². The molecular weight excluding hydrogens is 463 g/mol. The number of ketones is 1. The van der Waals surface area contributed by atoms with Crippen LogP contribution in [0.5, 0.6) is 0 Å². The molecule has 150 valence electrons. The molecule has 7 nitrogen and oxygen atoms in total. The number of nitrogens with zero attached hydrogens (tertiary/aromatic N) is 2. The molecule has 1 aromatic carbocycles. The van der Waals surface area contributed by atoms with Crippen molar-refractivity contribution in [3.8, 4) is 0 Å². The predicted molar refractivity (Wildman–Crippen MR) is 112 cm³/mol. The molecule has 2 aromatic heterocycles. The number of thiophene rings is 1. The number of hydrogen-bond donors (Lipinski definition) is 2. The normalized spacial score (nSPS) is 11.7. The van der Waals surface area contributed by atoms with Crippen molar-refractivity contribution < 1.29 is 14.0 Å². The smallest absolute Gasteiger partial charge is 0.351 e. The maximum atomic E-state index is 14.3. The second-order valence-corrected chi connectivity index (χ2v) is 8.55. The lowest BCUT2D eigenvalue weighted by Crippen LogP contribution is -2.43. The van der Waals surface area contributed by atoms with E-state index >= 15 is 0 Å². The van der Waals surface area contributed by atoms with Crippen LogP contribution < -0.4 is 16.3 Å². The number of rotatable bonds is 6. The Morgan fingerprint density at radius 2 is 2.03 bits per heavy atom. The lowest BCUT2D eigenvalue weighted by molar-refractivity contribution is 0.0814. The number of carbonyl (C=O) groups excluding carboxylic acids is 2.